The Kier molecular flexibility index (Phi) is 45.6. The molecule has 12 unspecified atom stereocenters. The third kappa shape index (κ3) is 29.5. The smallest absolute Gasteiger partial charge is 0.310 e. The minimum absolute atomic E-state index is 0. The molecule has 6 aliphatic rings. The number of nitrogens with one attached hydrogen (secondary N) is 3. The molecule has 40 heteroatoms. The van der Waals surface area contributed by atoms with Crippen molar-refractivity contribution < 1.29 is 166 Å². The molecule has 102 heavy (non-hydrogen) atoms. The van der Waals surface area contributed by atoms with E-state index >= 15 is 0 Å². The molecule has 0 spiro atoms. The Hall–Kier alpha value is -3.69. The van der Waals surface area contributed by atoms with Crippen LogP contribution in [0.4, 0.5) is 0 Å². The summed E-state index contributed by atoms with van der Waals surface area (Å²) in [5.74, 6) is -3.79. The van der Waals surface area contributed by atoms with E-state index in [1.54, 1.807) is 13.8 Å². The Bertz CT molecular complexity index is 2330. The van der Waals surface area contributed by atoms with Crippen LogP contribution in [-0.4, -0.2) is 343 Å². The van der Waals surface area contributed by atoms with Gasteiger partial charge in [0.15, 0.2) is 25.2 Å². The fourth-order valence-electron chi connectivity index (χ4n) is 10.7. The van der Waals surface area contributed by atoms with E-state index < -0.39 is 201 Å². The summed E-state index contributed by atoms with van der Waals surface area (Å²) in [5.41, 5.74) is 18.5. The molecule has 40 nitrogen and oxygen atoms in total. The number of nitrogens with two attached hydrogens (primary N) is 3. The summed E-state index contributed by atoms with van der Waals surface area (Å²) in [5, 5.41) is 130. The lowest BCUT2D eigenvalue weighted by Crippen LogP contribution is -2.69. The predicted molar refractivity (Wildman–Crippen MR) is 345 cm³/mol. The van der Waals surface area contributed by atoms with Crippen LogP contribution >= 0.6 is 0 Å². The minimum atomic E-state index is -1.63. The lowest BCUT2D eigenvalue weighted by Gasteiger charge is -2.53. The molecule has 0 bridgehead atoms. The van der Waals surface area contributed by atoms with Crippen LogP contribution in [0.3, 0.4) is 0 Å². The summed E-state index contributed by atoms with van der Waals surface area (Å²) in [4.78, 5) is 56.0. The molecule has 6 heterocycles. The van der Waals surface area contributed by atoms with Crippen molar-refractivity contribution >= 4 is 29.7 Å². The third-order valence-corrected chi connectivity index (χ3v) is 15.7. The van der Waals surface area contributed by atoms with E-state index in [9.17, 15) is 64.8 Å². The maximum absolute atomic E-state index is 12.3. The SMILES string of the molecule is C.C.CC(=O)NC1C(O)[C@H](O[C@@H]2OC([CH-]OCCO)[C@H](C)[C@H](O)C2N)[C@H]([CH-]OCCO)O[C@H]1O[C@@H]1C([CH-]OCCO)OCC(N)[C@H]1O.CC(=O)NC1C(O)[C@H](O[C@@H]2OC([CH-]OCCO)[C@H](C)[C@H](O)C2N)[C@H]([CH-]OCCO)O[C@H]1O[C@@H]1C([CH-]OCCO)OCC(NC(C)=O)[C@H]1O.CC(=O)OC(C)=O. The number of ether oxygens (including phenoxy) is 17. The van der Waals surface area contributed by atoms with E-state index in [4.69, 9.17) is 113 Å². The zero-order valence-corrected chi connectivity index (χ0v) is 56.6. The Morgan fingerprint density at radius 2 is 0.676 bits per heavy atom. The summed E-state index contributed by atoms with van der Waals surface area (Å²) in [6.45, 7) is 14.3. The second-order valence-corrected chi connectivity index (χ2v) is 23.6. The fraction of sp³-hybridized carbons (Fsp3) is 0.823. The number of hydrogen-bond acceptors (Lipinski definition) is 37. The second kappa shape index (κ2) is 49.3. The van der Waals surface area contributed by atoms with Gasteiger partial charge in [-0.2, -0.15) is 39.6 Å². The molecule has 0 saturated carbocycles. The maximum atomic E-state index is 12.3. The molecule has 0 aromatic heterocycles. The summed E-state index contributed by atoms with van der Waals surface area (Å²) < 4.78 is 95.9. The van der Waals surface area contributed by atoms with Gasteiger partial charge in [0.05, 0.1) is 120 Å². The number of carbonyl (C=O) groups excluding carboxylic acids is 5. The lowest BCUT2D eigenvalue weighted by molar-refractivity contribution is -0.335. The number of rotatable bonds is 35. The molecule has 0 aromatic rings. The zero-order chi connectivity index (χ0) is 74.3. The van der Waals surface area contributed by atoms with E-state index in [2.05, 4.69) is 20.7 Å². The fourth-order valence-corrected chi connectivity index (χ4v) is 10.7. The maximum Gasteiger partial charge on any atom is 0.310 e. The van der Waals surface area contributed by atoms with E-state index in [1.165, 1.54) is 61.0 Å². The first-order valence-corrected chi connectivity index (χ1v) is 32.3. The van der Waals surface area contributed by atoms with Gasteiger partial charge in [0, 0.05) is 74.3 Å². The molecule has 600 valence electrons. The molecule has 0 radical (unpaired) electrons. The Labute approximate surface area is 593 Å². The van der Waals surface area contributed by atoms with Crippen molar-refractivity contribution in [1.29, 1.82) is 0 Å². The average Bonchev–Trinajstić information content (AvgIpc) is 0.780. The summed E-state index contributed by atoms with van der Waals surface area (Å²) in [6, 6.07) is -6.65. The van der Waals surface area contributed by atoms with Crippen LogP contribution < -0.4 is 33.2 Å². The first kappa shape index (κ1) is 94.4. The Morgan fingerprint density at radius 3 is 0.990 bits per heavy atom. The van der Waals surface area contributed by atoms with E-state index in [0.29, 0.717) is 0 Å². The normalized spacial score (nSPS) is 36.8. The minimum Gasteiger partial charge on any atom is -0.548 e. The standard InChI is InChI=1S/C29H50N3O16.C27H48N3O15.C4H6O3.2CH4/c1-14-18(11-41-7-4-33)45-28(21(30)23(14)38)47-27-20(13-43-9-6-35)46-29(22(25(27)40)32-16(3)37)48-26-19(12-42-8-5-34)44-10-17(24(26)39)31-15(2)36;1-13-16(10-38-6-3-31)42-26(19(29)21(13)35)44-25-18(12-40-8-5-33)43-27(20(23(25)37)30-14(2)34)45-24-17(11-39-7-4-32)41-9-15(28)22(24)36;1-3(5)7-4(2)6;;/h11-14,17-29,33-35,38-40H,4-10,30H2,1-3H3,(H,31,36)(H,32,37);10-13,15-27,31-33,35-37H,3-9,28-29H2,1-2H3,(H,30,34);1-2H3;2*1H4/q2*-3;;;/t14-,17?,18?,19?,20-,21?,22?,23-,24+,25?,26+,27+,28-,29-;13-,15?,16?,17?,18-,19?,20?,21-,22+,23?,24+,25+,26-,27-;;;/m00.../s1. The molecule has 6 aliphatic heterocycles. The molecule has 0 aromatic carbocycles. The van der Waals surface area contributed by atoms with Crippen molar-refractivity contribution in [2.24, 2.45) is 29.0 Å². The van der Waals surface area contributed by atoms with Gasteiger partial charge >= 0.3 is 11.9 Å². The molecule has 6 fully saturated rings. The highest BCUT2D eigenvalue weighted by Gasteiger charge is 2.52. The summed E-state index contributed by atoms with van der Waals surface area (Å²) in [6.07, 6.45) is -25.3. The van der Waals surface area contributed by atoms with Gasteiger partial charge in [-0.05, 0) is 48.5 Å². The van der Waals surface area contributed by atoms with Crippen LogP contribution in [0.25, 0.3) is 0 Å². The van der Waals surface area contributed by atoms with Crippen LogP contribution in [0, 0.1) is 51.5 Å². The van der Waals surface area contributed by atoms with Crippen molar-refractivity contribution in [2.45, 2.75) is 222 Å². The van der Waals surface area contributed by atoms with Gasteiger partial charge in [0.1, 0.15) is 30.4 Å². The molecule has 3 amide bonds. The van der Waals surface area contributed by atoms with Crippen LogP contribution in [0.15, 0.2) is 0 Å². The monoisotopic (exact) mass is 1480 g/mol. The second-order valence-electron chi connectivity index (χ2n) is 23.6. The lowest BCUT2D eigenvalue weighted by atomic mass is 9.89. The van der Waals surface area contributed by atoms with Gasteiger partial charge in [-0.25, -0.2) is 0 Å². The number of aliphatic hydroxyl groups excluding tert-OH is 12. The van der Waals surface area contributed by atoms with Crippen molar-refractivity contribution in [3.63, 3.8) is 0 Å². The molecule has 0 aliphatic carbocycles. The first-order chi connectivity index (χ1) is 47.6. The van der Waals surface area contributed by atoms with Crippen LogP contribution in [0.5, 0.6) is 0 Å². The molecule has 6 saturated heterocycles. The number of aliphatic hydroxyl groups is 12. The van der Waals surface area contributed by atoms with Gasteiger partial charge in [0.2, 0.25) is 17.7 Å². The van der Waals surface area contributed by atoms with Gasteiger partial charge in [-0.1, -0.05) is 28.7 Å². The third-order valence-electron chi connectivity index (χ3n) is 15.7. The van der Waals surface area contributed by atoms with Crippen LogP contribution in [0.1, 0.15) is 63.3 Å². The molecular formula is C62H112N6O34-6. The average molecular weight is 1490 g/mol. The number of esters is 2. The summed E-state index contributed by atoms with van der Waals surface area (Å²) >= 11 is 0. The van der Waals surface area contributed by atoms with Gasteiger partial charge < -0.3 is 175 Å². The van der Waals surface area contributed by atoms with Crippen molar-refractivity contribution in [2.75, 3.05) is 92.5 Å². The first-order valence-electron chi connectivity index (χ1n) is 32.3. The zero-order valence-electron chi connectivity index (χ0n) is 56.6. The van der Waals surface area contributed by atoms with E-state index in [1.807, 2.05) is 0 Å². The Balaban J connectivity index is 0.000000623. The van der Waals surface area contributed by atoms with Crippen molar-refractivity contribution in [3.8, 4) is 0 Å². The molecular weight excluding hydrogens is 1370 g/mol. The summed E-state index contributed by atoms with van der Waals surface area (Å²) in [7, 11) is 0. The van der Waals surface area contributed by atoms with Crippen molar-refractivity contribution in [3.05, 3.63) is 39.6 Å². The largest absolute Gasteiger partial charge is 0.548 e. The van der Waals surface area contributed by atoms with E-state index in [0.717, 1.165) is 13.2 Å². The highest BCUT2D eigenvalue weighted by molar-refractivity contribution is 5.82. The van der Waals surface area contributed by atoms with Gasteiger partial charge in [-0.3, -0.25) is 24.0 Å². The van der Waals surface area contributed by atoms with Gasteiger partial charge in [0.25, 0.3) is 0 Å². The highest BCUT2D eigenvalue weighted by atomic mass is 16.8. The van der Waals surface area contributed by atoms with E-state index in [-0.39, 0.29) is 107 Å². The highest BCUT2D eigenvalue weighted by Crippen LogP contribution is 2.37. The topological polar surface area (TPSA) is 599 Å². The number of amides is 3. The van der Waals surface area contributed by atoms with Crippen LogP contribution in [-0.2, 0) is 104 Å². The van der Waals surface area contributed by atoms with Gasteiger partial charge in [-0.15, -0.1) is 0 Å². The molecule has 21 N–H and O–H groups in total. The Morgan fingerprint density at radius 1 is 0.392 bits per heavy atom. The molecule has 6 rings (SSSR count). The molecule has 28 atom stereocenters. The number of carbonyl (C=O) groups is 5. The predicted octanol–water partition coefficient (Wildman–Crippen LogP) is -8.46. The van der Waals surface area contributed by atoms with Crippen molar-refractivity contribution in [1.82, 2.24) is 16.0 Å². The quantitative estimate of drug-likeness (QED) is 0.0121. The number of hydrogen-bond donors (Lipinski definition) is 18. The van der Waals surface area contributed by atoms with Crippen LogP contribution in [0.2, 0.25) is 0 Å².